The van der Waals surface area contributed by atoms with Crippen LogP contribution in [0.2, 0.25) is 0 Å². The number of rotatable bonds is 5. The summed E-state index contributed by atoms with van der Waals surface area (Å²) in [5.74, 6) is -0.163. The zero-order valence-corrected chi connectivity index (χ0v) is 13.8. The zero-order chi connectivity index (χ0) is 18.3. The molecule has 0 unspecified atom stereocenters. The molecule has 4 rings (SSSR count). The molecule has 0 spiro atoms. The molecule has 1 fully saturated rings. The molecule has 0 amide bonds. The minimum absolute atomic E-state index is 0.167. The Balaban J connectivity index is 1.80. The molecular formula is C20H16N2O4. The number of aromatic carboxylic acids is 1. The molecule has 2 aromatic carbocycles. The minimum atomic E-state index is -1.19. The van der Waals surface area contributed by atoms with Crippen LogP contribution in [0.3, 0.4) is 0 Å². The van der Waals surface area contributed by atoms with Crippen molar-refractivity contribution in [3.63, 3.8) is 0 Å². The lowest BCUT2D eigenvalue weighted by Crippen LogP contribution is -2.00. The van der Waals surface area contributed by atoms with E-state index in [1.807, 2.05) is 18.2 Å². The molecule has 6 heteroatoms. The van der Waals surface area contributed by atoms with Crippen molar-refractivity contribution in [2.45, 2.75) is 12.8 Å². The van der Waals surface area contributed by atoms with Crippen LogP contribution in [0.25, 0.3) is 16.6 Å². The first-order valence-corrected chi connectivity index (χ1v) is 8.31. The van der Waals surface area contributed by atoms with Crippen molar-refractivity contribution in [3.05, 3.63) is 53.7 Å². The number of hydrogen-bond acceptors (Lipinski definition) is 4. The maximum Gasteiger partial charge on any atom is 0.339 e. The highest BCUT2D eigenvalue weighted by atomic mass is 16.5. The summed E-state index contributed by atoms with van der Waals surface area (Å²) in [5, 5.41) is 29.2. The van der Waals surface area contributed by atoms with Crippen LogP contribution < -0.4 is 4.74 Å². The van der Waals surface area contributed by atoms with Crippen LogP contribution in [-0.2, 0) is 0 Å². The summed E-state index contributed by atoms with van der Waals surface area (Å²) in [4.78, 5) is 11.1. The maximum absolute atomic E-state index is 11.1. The Morgan fingerprint density at radius 3 is 2.73 bits per heavy atom. The molecule has 1 aromatic heterocycles. The van der Waals surface area contributed by atoms with Crippen molar-refractivity contribution in [1.82, 2.24) is 4.57 Å². The predicted octanol–water partition coefficient (Wildman–Crippen LogP) is 3.69. The van der Waals surface area contributed by atoms with Gasteiger partial charge in [-0.25, -0.2) is 4.79 Å². The number of ether oxygens (including phenoxy) is 1. The Morgan fingerprint density at radius 2 is 2.08 bits per heavy atom. The first-order chi connectivity index (χ1) is 12.6. The van der Waals surface area contributed by atoms with Gasteiger partial charge in [-0.3, -0.25) is 0 Å². The topological polar surface area (TPSA) is 95.5 Å². The number of carboxylic acid groups (broad SMARTS) is 1. The van der Waals surface area contributed by atoms with Crippen LogP contribution in [-0.4, -0.2) is 27.4 Å². The number of aromatic hydroxyl groups is 1. The van der Waals surface area contributed by atoms with Crippen molar-refractivity contribution in [1.29, 1.82) is 5.26 Å². The molecule has 0 radical (unpaired) electrons. The molecule has 3 aromatic rings. The number of aromatic nitrogens is 1. The van der Waals surface area contributed by atoms with Gasteiger partial charge in [0.15, 0.2) is 0 Å². The number of carboxylic acids is 1. The van der Waals surface area contributed by atoms with Gasteiger partial charge in [-0.1, -0.05) is 0 Å². The number of fused-ring (bicyclic) bond motifs is 1. The summed E-state index contributed by atoms with van der Waals surface area (Å²) in [6.07, 6.45) is 4.07. The van der Waals surface area contributed by atoms with Crippen LogP contribution in [0.4, 0.5) is 0 Å². The monoisotopic (exact) mass is 348 g/mol. The van der Waals surface area contributed by atoms with E-state index < -0.39 is 5.97 Å². The van der Waals surface area contributed by atoms with E-state index >= 15 is 0 Å². The second kappa shape index (κ2) is 6.12. The Labute approximate surface area is 149 Å². The van der Waals surface area contributed by atoms with Crippen molar-refractivity contribution in [2.24, 2.45) is 5.92 Å². The third kappa shape index (κ3) is 2.84. The number of phenols is 1. The summed E-state index contributed by atoms with van der Waals surface area (Å²) in [7, 11) is 0. The van der Waals surface area contributed by atoms with Crippen molar-refractivity contribution in [3.8, 4) is 23.3 Å². The molecule has 2 N–H and O–H groups in total. The number of nitriles is 1. The first kappa shape index (κ1) is 16.0. The smallest absolute Gasteiger partial charge is 0.339 e. The van der Waals surface area contributed by atoms with Crippen LogP contribution in [0.15, 0.2) is 42.6 Å². The fraction of sp³-hybridized carbons (Fsp3) is 0.200. The van der Waals surface area contributed by atoms with E-state index in [0.717, 1.165) is 16.7 Å². The van der Waals surface area contributed by atoms with E-state index in [2.05, 4.69) is 6.07 Å². The van der Waals surface area contributed by atoms with Crippen molar-refractivity contribution >= 4 is 16.9 Å². The van der Waals surface area contributed by atoms with Crippen LogP contribution >= 0.6 is 0 Å². The van der Waals surface area contributed by atoms with Crippen molar-refractivity contribution in [2.75, 3.05) is 6.61 Å². The molecule has 130 valence electrons. The first-order valence-electron chi connectivity index (χ1n) is 8.31. The van der Waals surface area contributed by atoms with Gasteiger partial charge in [-0.05, 0) is 43.0 Å². The van der Waals surface area contributed by atoms with E-state index in [9.17, 15) is 15.2 Å². The Bertz CT molecular complexity index is 1060. The van der Waals surface area contributed by atoms with E-state index in [1.165, 1.54) is 25.0 Å². The standard InChI is InChI=1S/C20H16N2O4/c21-9-13-10-22(14-3-5-17(20(24)25)19(23)7-14)18-8-15(4-6-16(13)18)26-11-12-1-2-12/h3-8,10,12,23H,1-2,11H2,(H,24,25). The molecule has 1 aliphatic rings. The van der Waals surface area contributed by atoms with Gasteiger partial charge in [-0.2, -0.15) is 5.26 Å². The van der Waals surface area contributed by atoms with Crippen molar-refractivity contribution < 1.29 is 19.7 Å². The minimum Gasteiger partial charge on any atom is -0.507 e. The molecule has 0 bridgehead atoms. The molecule has 6 nitrogen and oxygen atoms in total. The van der Waals surface area contributed by atoms with E-state index in [-0.39, 0.29) is 11.3 Å². The van der Waals surface area contributed by atoms with Crippen LogP contribution in [0.1, 0.15) is 28.8 Å². The number of hydrogen-bond donors (Lipinski definition) is 2. The number of nitrogens with zero attached hydrogens (tertiary/aromatic N) is 2. The van der Waals surface area contributed by atoms with Gasteiger partial charge >= 0.3 is 5.97 Å². The summed E-state index contributed by atoms with van der Waals surface area (Å²) >= 11 is 0. The third-order valence-corrected chi connectivity index (χ3v) is 4.57. The van der Waals surface area contributed by atoms with E-state index in [4.69, 9.17) is 9.84 Å². The molecular weight excluding hydrogens is 332 g/mol. The lowest BCUT2D eigenvalue weighted by molar-refractivity contribution is 0.0694. The summed E-state index contributed by atoms with van der Waals surface area (Å²) in [6.45, 7) is 0.686. The predicted molar refractivity (Wildman–Crippen MR) is 94.8 cm³/mol. The second-order valence-corrected chi connectivity index (χ2v) is 6.46. The number of carbonyl (C=O) groups is 1. The van der Waals surface area contributed by atoms with Gasteiger partial charge in [-0.15, -0.1) is 0 Å². The van der Waals surface area contributed by atoms with Crippen LogP contribution in [0, 0.1) is 17.2 Å². The fourth-order valence-electron chi connectivity index (χ4n) is 2.95. The largest absolute Gasteiger partial charge is 0.507 e. The van der Waals surface area contributed by atoms with Gasteiger partial charge in [0.05, 0.1) is 17.7 Å². The maximum atomic E-state index is 11.1. The molecule has 1 aliphatic carbocycles. The highest BCUT2D eigenvalue weighted by molar-refractivity contribution is 5.92. The molecule has 0 atom stereocenters. The fourth-order valence-corrected chi connectivity index (χ4v) is 2.95. The Hall–Kier alpha value is -3.46. The Kier molecular flexibility index (Phi) is 3.77. The van der Waals surface area contributed by atoms with Crippen LogP contribution in [0.5, 0.6) is 11.5 Å². The summed E-state index contributed by atoms with van der Waals surface area (Å²) < 4.78 is 7.58. The van der Waals surface area contributed by atoms with Gasteiger partial charge in [0.25, 0.3) is 0 Å². The molecule has 1 heterocycles. The highest BCUT2D eigenvalue weighted by Gasteiger charge is 2.22. The highest BCUT2D eigenvalue weighted by Crippen LogP contribution is 2.32. The normalized spacial score (nSPS) is 13.5. The molecule has 0 aliphatic heterocycles. The lowest BCUT2D eigenvalue weighted by atomic mass is 10.1. The van der Waals surface area contributed by atoms with E-state index in [1.54, 1.807) is 16.8 Å². The molecule has 26 heavy (non-hydrogen) atoms. The van der Waals surface area contributed by atoms with Gasteiger partial charge in [0.2, 0.25) is 0 Å². The Morgan fingerprint density at radius 1 is 1.27 bits per heavy atom. The van der Waals surface area contributed by atoms with E-state index in [0.29, 0.717) is 23.8 Å². The summed E-state index contributed by atoms with van der Waals surface area (Å²) in [6, 6.07) is 12.0. The average molecular weight is 348 g/mol. The lowest BCUT2D eigenvalue weighted by Gasteiger charge is -2.09. The number of benzene rings is 2. The van der Waals surface area contributed by atoms with Gasteiger partial charge in [0.1, 0.15) is 23.1 Å². The second-order valence-electron chi connectivity index (χ2n) is 6.46. The quantitative estimate of drug-likeness (QED) is 0.733. The van der Waals surface area contributed by atoms with Gasteiger partial charge < -0.3 is 19.5 Å². The summed E-state index contributed by atoms with van der Waals surface area (Å²) in [5.41, 5.74) is 1.66. The SMILES string of the molecule is N#Cc1cn(-c2ccc(C(=O)O)c(O)c2)c2cc(OCC3CC3)ccc12. The average Bonchev–Trinajstić information content (AvgIpc) is 3.39. The van der Waals surface area contributed by atoms with Gasteiger partial charge in [0, 0.05) is 29.4 Å². The third-order valence-electron chi connectivity index (χ3n) is 4.57. The molecule has 0 saturated heterocycles. The zero-order valence-electron chi connectivity index (χ0n) is 13.8. The molecule has 1 saturated carbocycles.